The van der Waals surface area contributed by atoms with Crippen LogP contribution in [0.15, 0.2) is 51.8 Å². The van der Waals surface area contributed by atoms with Crippen molar-refractivity contribution in [2.24, 2.45) is 0 Å². The van der Waals surface area contributed by atoms with Gasteiger partial charge < -0.3 is 4.74 Å². The highest BCUT2D eigenvalue weighted by molar-refractivity contribution is 9.10. The summed E-state index contributed by atoms with van der Waals surface area (Å²) in [6.45, 7) is 0.179. The van der Waals surface area contributed by atoms with Crippen molar-refractivity contribution in [3.63, 3.8) is 0 Å². The molecule has 0 bridgehead atoms. The molecule has 116 valence electrons. The SMILES string of the molecule is O=C(Nc1ccc(Br)c(SSCl)c1)OCc1ccc(Cl)cc1. The smallest absolute Gasteiger partial charge is 0.411 e. The molecule has 0 aliphatic rings. The van der Waals surface area contributed by atoms with E-state index in [1.807, 2.05) is 24.3 Å². The van der Waals surface area contributed by atoms with E-state index in [0.29, 0.717) is 10.7 Å². The summed E-state index contributed by atoms with van der Waals surface area (Å²) in [5, 5.41) is 3.32. The van der Waals surface area contributed by atoms with Crippen molar-refractivity contribution in [3.8, 4) is 0 Å². The van der Waals surface area contributed by atoms with Crippen LogP contribution in [0.2, 0.25) is 5.02 Å². The van der Waals surface area contributed by atoms with E-state index in [1.165, 1.54) is 10.8 Å². The topological polar surface area (TPSA) is 38.3 Å². The minimum atomic E-state index is -0.522. The Morgan fingerprint density at radius 1 is 1.23 bits per heavy atom. The van der Waals surface area contributed by atoms with Gasteiger partial charge in [-0.15, -0.1) is 0 Å². The number of hydrogen-bond acceptors (Lipinski definition) is 4. The van der Waals surface area contributed by atoms with Crippen LogP contribution >= 0.6 is 59.0 Å². The summed E-state index contributed by atoms with van der Waals surface area (Å²) in [5.41, 5.74) is 1.50. The van der Waals surface area contributed by atoms with Gasteiger partial charge in [0, 0.05) is 30.1 Å². The van der Waals surface area contributed by atoms with Crippen LogP contribution < -0.4 is 5.32 Å². The highest BCUT2D eigenvalue weighted by Crippen LogP contribution is 2.39. The van der Waals surface area contributed by atoms with E-state index in [1.54, 1.807) is 18.2 Å². The van der Waals surface area contributed by atoms with Crippen LogP contribution in [-0.2, 0) is 11.3 Å². The number of benzene rings is 2. The molecule has 0 aliphatic carbocycles. The van der Waals surface area contributed by atoms with E-state index in [-0.39, 0.29) is 6.61 Å². The molecule has 2 aromatic rings. The fourth-order valence-corrected chi connectivity index (χ4v) is 4.12. The third-order valence-corrected chi connectivity index (χ3v) is 5.66. The van der Waals surface area contributed by atoms with Gasteiger partial charge in [0.2, 0.25) is 0 Å². The van der Waals surface area contributed by atoms with Gasteiger partial charge in [-0.3, -0.25) is 5.32 Å². The van der Waals surface area contributed by atoms with Gasteiger partial charge in [-0.05, 0) is 73.3 Å². The second-order valence-corrected chi connectivity index (χ2v) is 8.15. The zero-order chi connectivity index (χ0) is 15.9. The molecule has 0 unspecified atom stereocenters. The van der Waals surface area contributed by atoms with Crippen LogP contribution in [0, 0.1) is 0 Å². The molecule has 0 saturated heterocycles. The molecule has 0 fully saturated rings. The van der Waals surface area contributed by atoms with E-state index in [0.717, 1.165) is 24.9 Å². The van der Waals surface area contributed by atoms with Crippen LogP contribution in [0.25, 0.3) is 0 Å². The highest BCUT2D eigenvalue weighted by Gasteiger charge is 2.07. The summed E-state index contributed by atoms with van der Waals surface area (Å²) in [5.74, 6) is 0. The van der Waals surface area contributed by atoms with Crippen LogP contribution in [-0.4, -0.2) is 6.09 Å². The predicted molar refractivity (Wildman–Crippen MR) is 98.7 cm³/mol. The van der Waals surface area contributed by atoms with Crippen molar-refractivity contribution in [1.29, 1.82) is 0 Å². The van der Waals surface area contributed by atoms with Gasteiger partial charge in [-0.2, -0.15) is 0 Å². The minimum absolute atomic E-state index is 0.179. The van der Waals surface area contributed by atoms with Crippen molar-refractivity contribution in [3.05, 3.63) is 57.5 Å². The summed E-state index contributed by atoms with van der Waals surface area (Å²) >= 11 is 9.22. The number of carbonyl (C=O) groups is 1. The maximum atomic E-state index is 11.8. The second kappa shape index (κ2) is 8.93. The van der Waals surface area contributed by atoms with Gasteiger partial charge in [0.1, 0.15) is 6.61 Å². The maximum absolute atomic E-state index is 11.8. The quantitative estimate of drug-likeness (QED) is 0.524. The third kappa shape index (κ3) is 5.59. The lowest BCUT2D eigenvalue weighted by molar-refractivity contribution is 0.155. The normalized spacial score (nSPS) is 10.3. The Morgan fingerprint density at radius 2 is 1.95 bits per heavy atom. The average Bonchev–Trinajstić information content (AvgIpc) is 2.50. The standard InChI is InChI=1S/C14H10BrCl2NO2S2/c15-12-6-5-11(7-13(12)21-22-17)18-14(19)20-8-9-1-3-10(16)4-2-9/h1-7H,8H2,(H,18,19). The lowest BCUT2D eigenvalue weighted by atomic mass is 10.2. The lowest BCUT2D eigenvalue weighted by Gasteiger charge is -2.09. The second-order valence-electron chi connectivity index (χ2n) is 4.12. The Bertz CT molecular complexity index is 656. The molecule has 1 N–H and O–H groups in total. The zero-order valence-corrected chi connectivity index (χ0v) is 15.7. The molecule has 2 rings (SSSR count). The molecule has 1 amide bonds. The maximum Gasteiger partial charge on any atom is 0.411 e. The van der Waals surface area contributed by atoms with Crippen LogP contribution in [0.5, 0.6) is 0 Å². The fourth-order valence-electron chi connectivity index (χ4n) is 1.56. The molecule has 22 heavy (non-hydrogen) atoms. The molecule has 0 saturated carbocycles. The summed E-state index contributed by atoms with van der Waals surface area (Å²) in [7, 11) is 8.13. The number of carbonyl (C=O) groups excluding carboxylic acids is 1. The number of hydrogen-bond donors (Lipinski definition) is 1. The van der Waals surface area contributed by atoms with Gasteiger partial charge in [-0.1, -0.05) is 23.7 Å². The Hall–Kier alpha value is -0.530. The molecule has 0 spiro atoms. The molecular weight excluding hydrogens is 429 g/mol. The van der Waals surface area contributed by atoms with Crippen molar-refractivity contribution in [1.82, 2.24) is 0 Å². The summed E-state index contributed by atoms with van der Waals surface area (Å²) in [6.07, 6.45) is -0.522. The number of nitrogens with one attached hydrogen (secondary N) is 1. The molecule has 0 aliphatic heterocycles. The zero-order valence-electron chi connectivity index (χ0n) is 11.0. The Labute approximate surface area is 154 Å². The fraction of sp³-hybridized carbons (Fsp3) is 0.0714. The Kier molecular flexibility index (Phi) is 7.24. The largest absolute Gasteiger partial charge is 0.444 e. The minimum Gasteiger partial charge on any atom is -0.444 e. The van der Waals surface area contributed by atoms with Crippen LogP contribution in [0.1, 0.15) is 5.56 Å². The summed E-state index contributed by atoms with van der Waals surface area (Å²) < 4.78 is 6.07. The third-order valence-electron chi connectivity index (χ3n) is 2.58. The van der Waals surface area contributed by atoms with Crippen molar-refractivity contribution in [2.75, 3.05) is 5.32 Å². The van der Waals surface area contributed by atoms with E-state index < -0.39 is 6.09 Å². The van der Waals surface area contributed by atoms with Gasteiger partial charge in [0.05, 0.1) is 0 Å². The summed E-state index contributed by atoms with van der Waals surface area (Å²) in [6, 6.07) is 12.5. The number of rotatable bonds is 5. The first-order valence-corrected chi connectivity index (χ1v) is 10.2. The molecule has 2 aromatic carbocycles. The van der Waals surface area contributed by atoms with E-state index in [2.05, 4.69) is 21.2 Å². The van der Waals surface area contributed by atoms with Crippen LogP contribution in [0.4, 0.5) is 10.5 Å². The molecule has 3 nitrogen and oxygen atoms in total. The predicted octanol–water partition coefficient (Wildman–Crippen LogP) is 6.75. The first kappa shape index (κ1) is 17.8. The highest BCUT2D eigenvalue weighted by atomic mass is 79.9. The summed E-state index contributed by atoms with van der Waals surface area (Å²) in [4.78, 5) is 12.7. The molecule has 0 atom stereocenters. The Morgan fingerprint density at radius 3 is 2.64 bits per heavy atom. The molecular formula is C14H10BrCl2NO2S2. The first-order chi connectivity index (χ1) is 10.6. The lowest BCUT2D eigenvalue weighted by Crippen LogP contribution is -2.13. The Balaban J connectivity index is 1.91. The molecule has 8 heteroatoms. The van der Waals surface area contributed by atoms with E-state index in [4.69, 9.17) is 27.0 Å². The first-order valence-electron chi connectivity index (χ1n) is 6.01. The molecule has 0 aromatic heterocycles. The average molecular weight is 439 g/mol. The van der Waals surface area contributed by atoms with Gasteiger partial charge >= 0.3 is 6.09 Å². The van der Waals surface area contributed by atoms with Crippen molar-refractivity contribution >= 4 is 70.8 Å². The molecule has 0 radical (unpaired) electrons. The number of ether oxygens (including phenoxy) is 1. The van der Waals surface area contributed by atoms with E-state index in [9.17, 15) is 4.79 Å². The molecule has 0 heterocycles. The van der Waals surface area contributed by atoms with Crippen molar-refractivity contribution < 1.29 is 9.53 Å². The van der Waals surface area contributed by atoms with Gasteiger partial charge in [-0.25, -0.2) is 4.79 Å². The number of anilines is 1. The van der Waals surface area contributed by atoms with Crippen LogP contribution in [0.3, 0.4) is 0 Å². The monoisotopic (exact) mass is 437 g/mol. The van der Waals surface area contributed by atoms with Gasteiger partial charge in [0.25, 0.3) is 0 Å². The van der Waals surface area contributed by atoms with Crippen molar-refractivity contribution in [2.45, 2.75) is 11.5 Å². The number of amides is 1. The number of halogens is 3. The van der Waals surface area contributed by atoms with E-state index >= 15 is 0 Å². The van der Waals surface area contributed by atoms with Gasteiger partial charge in [0.15, 0.2) is 0 Å².